The van der Waals surface area contributed by atoms with Crippen molar-refractivity contribution in [1.82, 2.24) is 9.55 Å². The maximum atomic E-state index is 5.41. The van der Waals surface area contributed by atoms with Crippen LogP contribution in [0.15, 0.2) is 54.2 Å². The van der Waals surface area contributed by atoms with Crippen LogP contribution in [0.1, 0.15) is 11.1 Å². The van der Waals surface area contributed by atoms with E-state index in [0.29, 0.717) is 6.54 Å². The molecule has 3 rings (SSSR count). The van der Waals surface area contributed by atoms with Crippen molar-refractivity contribution < 1.29 is 0 Å². The summed E-state index contributed by atoms with van der Waals surface area (Å²) in [5.74, 6) is 6.96. The second kappa shape index (κ2) is 6.40. The first-order valence-electron chi connectivity index (χ1n) is 6.70. The van der Waals surface area contributed by atoms with Gasteiger partial charge in [0.1, 0.15) is 5.82 Å². The van der Waals surface area contributed by atoms with Gasteiger partial charge in [0.15, 0.2) is 0 Å². The van der Waals surface area contributed by atoms with Crippen LogP contribution in [0.4, 0.5) is 0 Å². The summed E-state index contributed by atoms with van der Waals surface area (Å²) < 4.78 is 2.15. The van der Waals surface area contributed by atoms with Crippen molar-refractivity contribution in [3.63, 3.8) is 0 Å². The summed E-state index contributed by atoms with van der Waals surface area (Å²) in [6.45, 7) is 1.17. The lowest BCUT2D eigenvalue weighted by Gasteiger charge is -2.07. The molecular weight excluding hydrogens is 278 g/mol. The van der Waals surface area contributed by atoms with E-state index in [1.54, 1.807) is 11.3 Å². The van der Waals surface area contributed by atoms with E-state index in [4.69, 9.17) is 5.73 Å². The van der Waals surface area contributed by atoms with Crippen LogP contribution >= 0.6 is 11.3 Å². The summed E-state index contributed by atoms with van der Waals surface area (Å²) in [6, 6.07) is 12.4. The van der Waals surface area contributed by atoms with Crippen LogP contribution in [0.3, 0.4) is 0 Å². The lowest BCUT2D eigenvalue weighted by Crippen LogP contribution is -2.00. The van der Waals surface area contributed by atoms with E-state index >= 15 is 0 Å². The Morgan fingerprint density at radius 3 is 3.00 bits per heavy atom. The van der Waals surface area contributed by atoms with Crippen molar-refractivity contribution in [2.45, 2.75) is 6.54 Å². The molecule has 0 atom stereocenters. The van der Waals surface area contributed by atoms with Crippen LogP contribution in [0.5, 0.6) is 0 Å². The minimum absolute atomic E-state index is 0.383. The molecule has 0 saturated heterocycles. The lowest BCUT2D eigenvalue weighted by atomic mass is 10.1. The molecule has 0 amide bonds. The molecule has 3 nitrogen and oxygen atoms in total. The number of benzene rings is 1. The number of hydrogen-bond acceptors (Lipinski definition) is 3. The number of thiophene rings is 1. The molecule has 0 spiro atoms. The topological polar surface area (TPSA) is 43.8 Å². The Morgan fingerprint density at radius 2 is 2.19 bits per heavy atom. The van der Waals surface area contributed by atoms with Gasteiger partial charge in [-0.1, -0.05) is 30.0 Å². The third kappa shape index (κ3) is 3.22. The minimum Gasteiger partial charge on any atom is -0.326 e. The lowest BCUT2D eigenvalue weighted by molar-refractivity contribution is 0.808. The van der Waals surface area contributed by atoms with Crippen LogP contribution in [0.2, 0.25) is 0 Å². The molecule has 0 radical (unpaired) electrons. The van der Waals surface area contributed by atoms with Crippen LogP contribution in [-0.4, -0.2) is 16.1 Å². The quantitative estimate of drug-likeness (QED) is 0.755. The fourth-order valence-corrected chi connectivity index (χ4v) is 2.90. The molecule has 0 saturated carbocycles. The van der Waals surface area contributed by atoms with E-state index < -0.39 is 0 Å². The van der Waals surface area contributed by atoms with Gasteiger partial charge in [0.05, 0.1) is 11.4 Å². The summed E-state index contributed by atoms with van der Waals surface area (Å²) in [7, 11) is 0. The van der Waals surface area contributed by atoms with Crippen molar-refractivity contribution in [3.05, 3.63) is 65.3 Å². The largest absolute Gasteiger partial charge is 0.326 e. The molecule has 21 heavy (non-hydrogen) atoms. The Kier molecular flexibility index (Phi) is 4.15. The van der Waals surface area contributed by atoms with Gasteiger partial charge >= 0.3 is 0 Å². The van der Waals surface area contributed by atoms with Gasteiger partial charge in [0.2, 0.25) is 0 Å². The molecule has 104 valence electrons. The zero-order valence-electron chi connectivity index (χ0n) is 11.5. The summed E-state index contributed by atoms with van der Waals surface area (Å²) in [4.78, 5) is 5.64. The first-order valence-corrected chi connectivity index (χ1v) is 7.57. The first kappa shape index (κ1) is 13.6. The molecule has 1 aromatic carbocycles. The van der Waals surface area contributed by atoms with Crippen LogP contribution in [0, 0.1) is 11.8 Å². The van der Waals surface area contributed by atoms with Gasteiger partial charge in [-0.25, -0.2) is 4.98 Å². The molecule has 2 N–H and O–H groups in total. The number of imidazole rings is 1. The van der Waals surface area contributed by atoms with Crippen LogP contribution in [-0.2, 0) is 6.54 Å². The first-order chi connectivity index (χ1) is 10.4. The summed E-state index contributed by atoms with van der Waals surface area (Å²) in [5.41, 5.74) is 7.61. The summed E-state index contributed by atoms with van der Waals surface area (Å²) in [5, 5.41) is 2.07. The highest BCUT2D eigenvalue weighted by atomic mass is 32.1. The van der Waals surface area contributed by atoms with E-state index in [1.807, 2.05) is 30.6 Å². The Hall–Kier alpha value is -2.35. The number of aromatic nitrogens is 2. The van der Waals surface area contributed by atoms with E-state index in [0.717, 1.165) is 17.9 Å². The molecule has 2 heterocycles. The van der Waals surface area contributed by atoms with Crippen molar-refractivity contribution in [3.8, 4) is 22.5 Å². The molecule has 0 unspecified atom stereocenters. The number of nitrogens with zero attached hydrogens (tertiary/aromatic N) is 2. The summed E-state index contributed by atoms with van der Waals surface area (Å²) in [6.07, 6.45) is 3.85. The van der Waals surface area contributed by atoms with Crippen molar-refractivity contribution in [2.75, 3.05) is 6.54 Å². The smallest absolute Gasteiger partial charge is 0.150 e. The standard InChI is InChI=1S/C17H15N3S/c18-8-2-6-14-4-1-5-15(12-14)13-20-10-9-19-17(20)16-7-3-11-21-16/h1,3-5,7,9-12H,8,13,18H2. The van der Waals surface area contributed by atoms with Crippen molar-refractivity contribution >= 4 is 11.3 Å². The van der Waals surface area contributed by atoms with E-state index in [1.165, 1.54) is 10.4 Å². The molecule has 0 aliphatic heterocycles. The summed E-state index contributed by atoms with van der Waals surface area (Å²) >= 11 is 1.70. The van der Waals surface area contributed by atoms with Gasteiger partial charge in [-0.3, -0.25) is 0 Å². The molecule has 4 heteroatoms. The molecule has 2 aromatic heterocycles. The maximum absolute atomic E-state index is 5.41. The molecule has 0 bridgehead atoms. The highest BCUT2D eigenvalue weighted by Gasteiger charge is 2.07. The third-order valence-corrected chi connectivity index (χ3v) is 3.94. The van der Waals surface area contributed by atoms with Crippen molar-refractivity contribution in [1.29, 1.82) is 0 Å². The maximum Gasteiger partial charge on any atom is 0.150 e. The molecule has 3 aromatic rings. The molecule has 0 aliphatic carbocycles. The van der Waals surface area contributed by atoms with Gasteiger partial charge in [-0.05, 0) is 29.1 Å². The second-order valence-corrected chi connectivity index (χ2v) is 5.51. The minimum atomic E-state index is 0.383. The van der Waals surface area contributed by atoms with Crippen LogP contribution in [0.25, 0.3) is 10.7 Å². The molecular formula is C17H15N3S. The van der Waals surface area contributed by atoms with Gasteiger partial charge in [-0.2, -0.15) is 0 Å². The van der Waals surface area contributed by atoms with E-state index in [9.17, 15) is 0 Å². The average molecular weight is 293 g/mol. The predicted octanol–water partition coefficient (Wildman–Crippen LogP) is 2.97. The second-order valence-electron chi connectivity index (χ2n) is 4.56. The molecule has 0 fully saturated rings. The Morgan fingerprint density at radius 1 is 1.24 bits per heavy atom. The predicted molar refractivity (Wildman–Crippen MR) is 87.0 cm³/mol. The number of rotatable bonds is 3. The van der Waals surface area contributed by atoms with Crippen LogP contribution < -0.4 is 5.73 Å². The van der Waals surface area contributed by atoms with Gasteiger partial charge in [-0.15, -0.1) is 11.3 Å². The normalized spacial score (nSPS) is 10.1. The van der Waals surface area contributed by atoms with Gasteiger partial charge in [0.25, 0.3) is 0 Å². The Labute approximate surface area is 128 Å². The zero-order chi connectivity index (χ0) is 14.5. The van der Waals surface area contributed by atoms with Gasteiger partial charge < -0.3 is 10.3 Å². The highest BCUT2D eigenvalue weighted by Crippen LogP contribution is 2.23. The molecule has 0 aliphatic rings. The monoisotopic (exact) mass is 293 g/mol. The Balaban J connectivity index is 1.86. The van der Waals surface area contributed by atoms with Gasteiger partial charge in [0, 0.05) is 24.5 Å². The third-order valence-electron chi connectivity index (χ3n) is 3.07. The van der Waals surface area contributed by atoms with Crippen molar-refractivity contribution in [2.24, 2.45) is 5.73 Å². The average Bonchev–Trinajstić information content (AvgIpc) is 3.16. The zero-order valence-corrected chi connectivity index (χ0v) is 12.3. The van der Waals surface area contributed by atoms with E-state index in [-0.39, 0.29) is 0 Å². The Bertz CT molecular complexity index is 776. The number of hydrogen-bond donors (Lipinski definition) is 1. The van der Waals surface area contributed by atoms with E-state index in [2.05, 4.69) is 45.0 Å². The SMILES string of the molecule is NCC#Cc1cccc(Cn2ccnc2-c2cccs2)c1. The fraction of sp³-hybridized carbons (Fsp3) is 0.118. The fourth-order valence-electron chi connectivity index (χ4n) is 2.16. The number of nitrogens with two attached hydrogens (primary N) is 1. The highest BCUT2D eigenvalue weighted by molar-refractivity contribution is 7.13.